The number of piperidine rings is 1. The van der Waals surface area contributed by atoms with Gasteiger partial charge < -0.3 is 20.7 Å². The maximum atomic E-state index is 12.1. The molecule has 2 rings (SSSR count). The first kappa shape index (κ1) is 17.0. The molecule has 3 N–H and O–H groups in total. The van der Waals surface area contributed by atoms with Crippen molar-refractivity contribution in [2.45, 2.75) is 12.8 Å². The van der Waals surface area contributed by atoms with Gasteiger partial charge in [-0.25, -0.2) is 0 Å². The molecule has 1 amide bonds. The molecule has 126 valence electrons. The van der Waals surface area contributed by atoms with Gasteiger partial charge in [0.05, 0.1) is 18.0 Å². The molecular formula is C15H22N4O4. The summed E-state index contributed by atoms with van der Waals surface area (Å²) in [6.07, 6.45) is 1.57. The Balaban J connectivity index is 2.20. The molecule has 1 atom stereocenters. The van der Waals surface area contributed by atoms with Crippen LogP contribution >= 0.6 is 0 Å². The van der Waals surface area contributed by atoms with E-state index in [0.29, 0.717) is 37.6 Å². The Morgan fingerprint density at radius 3 is 3.00 bits per heavy atom. The van der Waals surface area contributed by atoms with Crippen LogP contribution in [-0.4, -0.2) is 44.1 Å². The van der Waals surface area contributed by atoms with Gasteiger partial charge in [0.25, 0.3) is 5.69 Å². The fraction of sp³-hybridized carbons (Fsp3) is 0.533. The molecule has 1 aromatic rings. The number of carbonyl (C=O) groups is 1. The van der Waals surface area contributed by atoms with Gasteiger partial charge in [0.1, 0.15) is 11.4 Å². The minimum absolute atomic E-state index is 0.0221. The summed E-state index contributed by atoms with van der Waals surface area (Å²) in [4.78, 5) is 24.9. The van der Waals surface area contributed by atoms with Gasteiger partial charge in [0, 0.05) is 38.3 Å². The van der Waals surface area contributed by atoms with Crippen LogP contribution < -0.4 is 20.7 Å². The molecule has 8 nitrogen and oxygen atoms in total. The molecule has 1 aliphatic heterocycles. The molecule has 0 bridgehead atoms. The summed E-state index contributed by atoms with van der Waals surface area (Å²) in [6.45, 7) is 1.96. The lowest BCUT2D eigenvalue weighted by Crippen LogP contribution is -2.44. The lowest BCUT2D eigenvalue weighted by Gasteiger charge is -2.33. The predicted molar refractivity (Wildman–Crippen MR) is 86.6 cm³/mol. The summed E-state index contributed by atoms with van der Waals surface area (Å²) in [6, 6.07) is 4.65. The summed E-state index contributed by atoms with van der Waals surface area (Å²) in [5.41, 5.74) is 5.91. The Morgan fingerprint density at radius 1 is 1.57 bits per heavy atom. The van der Waals surface area contributed by atoms with Crippen molar-refractivity contribution in [2.24, 2.45) is 11.7 Å². The van der Waals surface area contributed by atoms with Crippen LogP contribution in [0.3, 0.4) is 0 Å². The smallest absolute Gasteiger partial charge is 0.292 e. The third-order valence-corrected chi connectivity index (χ3v) is 3.96. The minimum Gasteiger partial charge on any atom is -0.497 e. The van der Waals surface area contributed by atoms with Crippen molar-refractivity contribution >= 4 is 17.3 Å². The number of anilines is 1. The SMILES string of the molecule is COc1ccc([N+](=O)[O-])c(N2CCCC(C(=O)NCCN)C2)c1. The molecule has 0 aromatic heterocycles. The van der Waals surface area contributed by atoms with E-state index < -0.39 is 4.92 Å². The third kappa shape index (κ3) is 4.10. The molecule has 1 aliphatic rings. The van der Waals surface area contributed by atoms with Crippen LogP contribution in [0.25, 0.3) is 0 Å². The molecule has 8 heteroatoms. The largest absolute Gasteiger partial charge is 0.497 e. The molecule has 23 heavy (non-hydrogen) atoms. The normalized spacial score (nSPS) is 17.7. The Hall–Kier alpha value is -2.35. The van der Waals surface area contributed by atoms with E-state index in [0.717, 1.165) is 12.8 Å². The standard InChI is InChI=1S/C15H22N4O4/c1-23-12-4-5-13(19(21)22)14(9-12)18-8-2-3-11(10-18)15(20)17-7-6-16/h4-5,9,11H,2-3,6-8,10,16H2,1H3,(H,17,20). The maximum absolute atomic E-state index is 12.1. The van der Waals surface area contributed by atoms with E-state index in [9.17, 15) is 14.9 Å². The molecule has 0 saturated carbocycles. The number of nitro groups is 1. The number of hydrogen-bond donors (Lipinski definition) is 2. The number of amides is 1. The molecule has 1 unspecified atom stereocenters. The van der Waals surface area contributed by atoms with Crippen molar-refractivity contribution in [1.29, 1.82) is 0 Å². The quantitative estimate of drug-likeness (QED) is 0.594. The minimum atomic E-state index is -0.410. The topological polar surface area (TPSA) is 111 Å². The second-order valence-corrected chi connectivity index (χ2v) is 5.48. The first-order valence-corrected chi connectivity index (χ1v) is 7.62. The summed E-state index contributed by atoms with van der Waals surface area (Å²) in [5.74, 6) is 0.312. The van der Waals surface area contributed by atoms with E-state index in [2.05, 4.69) is 5.32 Å². The highest BCUT2D eigenvalue weighted by Crippen LogP contribution is 2.34. The van der Waals surface area contributed by atoms with Gasteiger partial charge in [0.2, 0.25) is 5.91 Å². The Labute approximate surface area is 134 Å². The van der Waals surface area contributed by atoms with Crippen LogP contribution in [0.1, 0.15) is 12.8 Å². The fourth-order valence-electron chi connectivity index (χ4n) is 2.79. The van der Waals surface area contributed by atoms with E-state index in [4.69, 9.17) is 10.5 Å². The van der Waals surface area contributed by atoms with Crippen molar-refractivity contribution in [2.75, 3.05) is 38.2 Å². The molecule has 1 fully saturated rings. The highest BCUT2D eigenvalue weighted by atomic mass is 16.6. The predicted octanol–water partition coefficient (Wildman–Crippen LogP) is 0.895. The molecule has 0 radical (unpaired) electrons. The number of nitrogens with zero attached hydrogens (tertiary/aromatic N) is 2. The summed E-state index contributed by atoms with van der Waals surface area (Å²) >= 11 is 0. The number of hydrogen-bond acceptors (Lipinski definition) is 6. The van der Waals surface area contributed by atoms with Crippen molar-refractivity contribution in [3.8, 4) is 5.75 Å². The zero-order valence-electron chi connectivity index (χ0n) is 13.2. The summed E-state index contributed by atoms with van der Waals surface area (Å²) in [7, 11) is 1.52. The highest BCUT2D eigenvalue weighted by Gasteiger charge is 2.29. The van der Waals surface area contributed by atoms with Crippen LogP contribution in [0.5, 0.6) is 5.75 Å². The van der Waals surface area contributed by atoms with Gasteiger partial charge in [0.15, 0.2) is 0 Å². The number of nitrogens with two attached hydrogens (primary N) is 1. The second kappa shape index (κ2) is 7.77. The van der Waals surface area contributed by atoms with E-state index in [1.807, 2.05) is 4.90 Å². The van der Waals surface area contributed by atoms with Crippen LogP contribution in [0.4, 0.5) is 11.4 Å². The van der Waals surface area contributed by atoms with Crippen molar-refractivity contribution in [3.05, 3.63) is 28.3 Å². The van der Waals surface area contributed by atoms with Crippen molar-refractivity contribution < 1.29 is 14.5 Å². The molecule has 1 saturated heterocycles. The Morgan fingerprint density at radius 2 is 2.35 bits per heavy atom. The molecule has 0 spiro atoms. The fourth-order valence-corrected chi connectivity index (χ4v) is 2.79. The summed E-state index contributed by atoms with van der Waals surface area (Å²) in [5, 5.41) is 14.1. The van der Waals surface area contributed by atoms with Gasteiger partial charge >= 0.3 is 0 Å². The van der Waals surface area contributed by atoms with E-state index in [1.165, 1.54) is 13.2 Å². The first-order valence-electron chi connectivity index (χ1n) is 7.62. The molecular weight excluding hydrogens is 300 g/mol. The maximum Gasteiger partial charge on any atom is 0.292 e. The first-order chi connectivity index (χ1) is 11.1. The zero-order chi connectivity index (χ0) is 16.8. The molecule has 0 aliphatic carbocycles. The van der Waals surface area contributed by atoms with Crippen molar-refractivity contribution in [1.82, 2.24) is 5.32 Å². The third-order valence-electron chi connectivity index (χ3n) is 3.96. The number of nitro benzene ring substituents is 1. The average molecular weight is 322 g/mol. The van der Waals surface area contributed by atoms with Gasteiger partial charge in [-0.2, -0.15) is 0 Å². The van der Waals surface area contributed by atoms with Gasteiger partial charge in [-0.3, -0.25) is 14.9 Å². The average Bonchev–Trinajstić information content (AvgIpc) is 2.59. The monoisotopic (exact) mass is 322 g/mol. The van der Waals surface area contributed by atoms with E-state index >= 15 is 0 Å². The molecule has 1 heterocycles. The van der Waals surface area contributed by atoms with Gasteiger partial charge in [-0.05, 0) is 18.9 Å². The second-order valence-electron chi connectivity index (χ2n) is 5.48. The van der Waals surface area contributed by atoms with Crippen LogP contribution in [0.15, 0.2) is 18.2 Å². The van der Waals surface area contributed by atoms with Crippen LogP contribution in [-0.2, 0) is 4.79 Å². The lowest BCUT2D eigenvalue weighted by molar-refractivity contribution is -0.384. The number of rotatable bonds is 6. The number of nitrogens with one attached hydrogen (secondary N) is 1. The number of methoxy groups -OCH3 is 1. The number of benzene rings is 1. The highest BCUT2D eigenvalue weighted by molar-refractivity contribution is 5.80. The zero-order valence-corrected chi connectivity index (χ0v) is 13.2. The van der Waals surface area contributed by atoms with Gasteiger partial charge in [-0.1, -0.05) is 0 Å². The Bertz CT molecular complexity index is 579. The lowest BCUT2D eigenvalue weighted by atomic mass is 9.96. The van der Waals surface area contributed by atoms with Crippen molar-refractivity contribution in [3.63, 3.8) is 0 Å². The van der Waals surface area contributed by atoms with Gasteiger partial charge in [-0.15, -0.1) is 0 Å². The Kier molecular flexibility index (Phi) is 5.75. The molecule has 1 aromatic carbocycles. The number of carbonyl (C=O) groups excluding carboxylic acids is 1. The van der Waals surface area contributed by atoms with Crippen LogP contribution in [0, 0.1) is 16.0 Å². The summed E-state index contributed by atoms with van der Waals surface area (Å²) < 4.78 is 5.17. The van der Waals surface area contributed by atoms with E-state index in [1.54, 1.807) is 12.1 Å². The van der Waals surface area contributed by atoms with E-state index in [-0.39, 0.29) is 17.5 Å². The van der Waals surface area contributed by atoms with Crippen LogP contribution in [0.2, 0.25) is 0 Å². The number of ether oxygens (including phenoxy) is 1.